The molecule has 0 bridgehead atoms. The number of halogens is 1. The van der Waals surface area contributed by atoms with E-state index in [1.807, 2.05) is 0 Å². The predicted molar refractivity (Wildman–Crippen MR) is 65.7 cm³/mol. The van der Waals surface area contributed by atoms with E-state index in [-0.39, 0.29) is 5.91 Å². The third-order valence-electron chi connectivity index (χ3n) is 1.97. The Morgan fingerprint density at radius 3 is 2.93 bits per heavy atom. The number of rotatable bonds is 3. The lowest BCUT2D eigenvalue weighted by atomic mass is 10.2. The number of carbonyl (C=O) groups excluding carboxylic acids is 1. The van der Waals surface area contributed by atoms with Crippen molar-refractivity contribution in [3.8, 4) is 0 Å². The second-order valence-electron chi connectivity index (χ2n) is 3.21. The molecule has 2 N–H and O–H groups in total. The van der Waals surface area contributed by atoms with Crippen molar-refractivity contribution >= 4 is 27.5 Å². The van der Waals surface area contributed by atoms with Crippen molar-refractivity contribution in [2.45, 2.75) is 0 Å². The summed E-state index contributed by atoms with van der Waals surface area (Å²) in [5.74, 6) is -0.0749. The third kappa shape index (κ3) is 2.83. The molecule has 0 aromatic heterocycles. The van der Waals surface area contributed by atoms with Gasteiger partial charge in [0, 0.05) is 23.8 Å². The summed E-state index contributed by atoms with van der Waals surface area (Å²) in [4.78, 5) is 13.5. The number of hydrogen-bond acceptors (Lipinski definition) is 2. The van der Waals surface area contributed by atoms with Gasteiger partial charge in [-0.05, 0) is 34.1 Å². The van der Waals surface area contributed by atoms with Crippen LogP contribution in [0.5, 0.6) is 0 Å². The van der Waals surface area contributed by atoms with Crippen LogP contribution in [0.3, 0.4) is 0 Å². The second-order valence-corrected chi connectivity index (χ2v) is 4.07. The van der Waals surface area contributed by atoms with E-state index in [1.165, 1.54) is 0 Å². The van der Waals surface area contributed by atoms with Crippen molar-refractivity contribution in [2.75, 3.05) is 19.3 Å². The molecular weight excluding hydrogens is 256 g/mol. The van der Waals surface area contributed by atoms with Crippen LogP contribution < -0.4 is 5.73 Å². The Balaban J connectivity index is 2.99. The molecule has 0 aliphatic rings. The first kappa shape index (κ1) is 11.8. The number of likely N-dealkylation sites (N-methyl/N-ethyl adjacent to an activating group) is 1. The smallest absolute Gasteiger partial charge is 0.255 e. The largest absolute Gasteiger partial charge is 0.399 e. The number of anilines is 1. The normalized spacial score (nSPS) is 9.73. The van der Waals surface area contributed by atoms with Crippen LogP contribution in [0.25, 0.3) is 0 Å². The van der Waals surface area contributed by atoms with Crippen molar-refractivity contribution < 1.29 is 4.79 Å². The first-order valence-electron chi connectivity index (χ1n) is 4.47. The molecule has 0 saturated heterocycles. The Bertz CT molecular complexity index is 390. The SMILES string of the molecule is C=CCN(C)C(=O)c1cc(N)ccc1Br. The highest BCUT2D eigenvalue weighted by molar-refractivity contribution is 9.10. The van der Waals surface area contributed by atoms with Crippen LogP contribution in [0.2, 0.25) is 0 Å². The van der Waals surface area contributed by atoms with E-state index in [4.69, 9.17) is 5.73 Å². The fourth-order valence-corrected chi connectivity index (χ4v) is 1.61. The van der Waals surface area contributed by atoms with E-state index in [2.05, 4.69) is 22.5 Å². The molecule has 15 heavy (non-hydrogen) atoms. The fraction of sp³-hybridized carbons (Fsp3) is 0.182. The molecule has 1 rings (SSSR count). The van der Waals surface area contributed by atoms with Gasteiger partial charge in [-0.15, -0.1) is 6.58 Å². The molecular formula is C11H13BrN2O. The van der Waals surface area contributed by atoms with Crippen LogP contribution in [0, 0.1) is 0 Å². The van der Waals surface area contributed by atoms with E-state index in [1.54, 1.807) is 36.2 Å². The zero-order valence-electron chi connectivity index (χ0n) is 8.53. The van der Waals surface area contributed by atoms with Gasteiger partial charge in [0.05, 0.1) is 5.56 Å². The Hall–Kier alpha value is -1.29. The van der Waals surface area contributed by atoms with Crippen LogP contribution in [0.1, 0.15) is 10.4 Å². The maximum atomic E-state index is 11.9. The minimum Gasteiger partial charge on any atom is -0.399 e. The molecule has 3 nitrogen and oxygen atoms in total. The average molecular weight is 269 g/mol. The lowest BCUT2D eigenvalue weighted by molar-refractivity contribution is 0.0809. The molecule has 0 aliphatic carbocycles. The quantitative estimate of drug-likeness (QED) is 0.676. The highest BCUT2D eigenvalue weighted by atomic mass is 79.9. The van der Waals surface area contributed by atoms with Crippen LogP contribution in [-0.4, -0.2) is 24.4 Å². The number of hydrogen-bond donors (Lipinski definition) is 1. The number of benzene rings is 1. The number of nitrogens with two attached hydrogens (primary N) is 1. The lowest BCUT2D eigenvalue weighted by Crippen LogP contribution is -2.27. The molecule has 0 saturated carbocycles. The van der Waals surface area contributed by atoms with Crippen molar-refractivity contribution in [1.82, 2.24) is 4.90 Å². The topological polar surface area (TPSA) is 46.3 Å². The molecule has 0 spiro atoms. The van der Waals surface area contributed by atoms with E-state index >= 15 is 0 Å². The van der Waals surface area contributed by atoms with Crippen molar-refractivity contribution in [3.05, 3.63) is 40.9 Å². The number of carbonyl (C=O) groups is 1. The Kier molecular flexibility index (Phi) is 3.91. The van der Waals surface area contributed by atoms with E-state index in [0.717, 1.165) is 4.47 Å². The van der Waals surface area contributed by atoms with Crippen molar-refractivity contribution in [2.24, 2.45) is 0 Å². The van der Waals surface area contributed by atoms with Crippen molar-refractivity contribution in [1.29, 1.82) is 0 Å². The molecule has 4 heteroatoms. The first-order chi connectivity index (χ1) is 7.06. The molecule has 0 heterocycles. The van der Waals surface area contributed by atoms with Crippen LogP contribution in [0.15, 0.2) is 35.3 Å². The number of nitrogen functional groups attached to an aromatic ring is 1. The summed E-state index contributed by atoms with van der Waals surface area (Å²) in [5, 5.41) is 0. The zero-order valence-corrected chi connectivity index (χ0v) is 10.1. The monoisotopic (exact) mass is 268 g/mol. The first-order valence-corrected chi connectivity index (χ1v) is 5.27. The van der Waals surface area contributed by atoms with E-state index < -0.39 is 0 Å². The minimum absolute atomic E-state index is 0.0749. The van der Waals surface area contributed by atoms with Gasteiger partial charge in [0.15, 0.2) is 0 Å². The summed E-state index contributed by atoms with van der Waals surface area (Å²) >= 11 is 3.32. The van der Waals surface area contributed by atoms with Gasteiger partial charge in [-0.2, -0.15) is 0 Å². The van der Waals surface area contributed by atoms with Crippen LogP contribution in [0.4, 0.5) is 5.69 Å². The molecule has 1 amide bonds. The molecule has 0 aliphatic heterocycles. The van der Waals surface area contributed by atoms with Gasteiger partial charge >= 0.3 is 0 Å². The maximum Gasteiger partial charge on any atom is 0.255 e. The predicted octanol–water partition coefficient (Wildman–Crippen LogP) is 2.29. The summed E-state index contributed by atoms with van der Waals surface area (Å²) in [6.45, 7) is 4.10. The number of amides is 1. The average Bonchev–Trinajstić information content (AvgIpc) is 2.21. The molecule has 0 radical (unpaired) electrons. The van der Waals surface area contributed by atoms with E-state index in [9.17, 15) is 4.79 Å². The molecule has 80 valence electrons. The molecule has 1 aromatic rings. The second kappa shape index (κ2) is 4.98. The molecule has 0 fully saturated rings. The Morgan fingerprint density at radius 2 is 2.33 bits per heavy atom. The van der Waals surface area contributed by atoms with Gasteiger partial charge in [-0.3, -0.25) is 4.79 Å². The standard InChI is InChI=1S/C11H13BrN2O/c1-3-6-14(2)11(15)9-7-8(13)4-5-10(9)12/h3-5,7H,1,6,13H2,2H3. The van der Waals surface area contributed by atoms with Gasteiger partial charge < -0.3 is 10.6 Å². The zero-order chi connectivity index (χ0) is 11.4. The fourth-order valence-electron chi connectivity index (χ4n) is 1.19. The third-order valence-corrected chi connectivity index (χ3v) is 2.66. The summed E-state index contributed by atoms with van der Waals surface area (Å²) in [7, 11) is 1.72. The van der Waals surface area contributed by atoms with Crippen LogP contribution in [-0.2, 0) is 0 Å². The van der Waals surface area contributed by atoms with Gasteiger partial charge in [-0.1, -0.05) is 6.08 Å². The molecule has 1 aromatic carbocycles. The Morgan fingerprint density at radius 1 is 1.67 bits per heavy atom. The van der Waals surface area contributed by atoms with Gasteiger partial charge in [0.25, 0.3) is 5.91 Å². The molecule has 0 atom stereocenters. The minimum atomic E-state index is -0.0749. The van der Waals surface area contributed by atoms with Gasteiger partial charge in [0.1, 0.15) is 0 Å². The van der Waals surface area contributed by atoms with Crippen molar-refractivity contribution in [3.63, 3.8) is 0 Å². The highest BCUT2D eigenvalue weighted by Crippen LogP contribution is 2.20. The van der Waals surface area contributed by atoms with Gasteiger partial charge in [-0.25, -0.2) is 0 Å². The maximum absolute atomic E-state index is 11.9. The number of nitrogens with zero attached hydrogens (tertiary/aromatic N) is 1. The lowest BCUT2D eigenvalue weighted by Gasteiger charge is -2.15. The van der Waals surface area contributed by atoms with Gasteiger partial charge in [0.2, 0.25) is 0 Å². The summed E-state index contributed by atoms with van der Waals surface area (Å²) in [6.07, 6.45) is 1.68. The van der Waals surface area contributed by atoms with Crippen LogP contribution >= 0.6 is 15.9 Å². The Labute approximate surface area is 97.7 Å². The van der Waals surface area contributed by atoms with E-state index in [0.29, 0.717) is 17.8 Å². The summed E-state index contributed by atoms with van der Waals surface area (Å²) in [6, 6.07) is 5.17. The summed E-state index contributed by atoms with van der Waals surface area (Å²) in [5.41, 5.74) is 6.77. The summed E-state index contributed by atoms with van der Waals surface area (Å²) < 4.78 is 0.748. The highest BCUT2D eigenvalue weighted by Gasteiger charge is 2.13. The molecule has 0 unspecified atom stereocenters.